The second kappa shape index (κ2) is 7.92. The smallest absolute Gasteiger partial charge is 0.303 e. The van der Waals surface area contributed by atoms with Gasteiger partial charge in [-0.15, -0.1) is 11.3 Å². The summed E-state index contributed by atoms with van der Waals surface area (Å²) in [6.07, 6.45) is 0.807. The number of imidazole rings is 1. The van der Waals surface area contributed by atoms with Crippen molar-refractivity contribution in [1.29, 1.82) is 0 Å². The molecule has 0 aliphatic rings. The molecule has 0 atom stereocenters. The van der Waals surface area contributed by atoms with Crippen molar-refractivity contribution in [2.45, 2.75) is 24.5 Å². The molecule has 0 saturated carbocycles. The molecule has 4 rings (SSSR count). The Morgan fingerprint density at radius 2 is 2.11 bits per heavy atom. The first-order chi connectivity index (χ1) is 13.1. The number of halogens is 1. The molecule has 1 N–H and O–H groups in total. The Morgan fingerprint density at radius 1 is 1.26 bits per heavy atom. The first kappa shape index (κ1) is 18.3. The molecule has 27 heavy (non-hydrogen) atoms. The topological polar surface area (TPSA) is 55.1 Å². The average molecular weight is 417 g/mol. The minimum Gasteiger partial charge on any atom is -0.481 e. The lowest BCUT2D eigenvalue weighted by molar-refractivity contribution is -0.137. The minimum atomic E-state index is -0.759. The monoisotopic (exact) mass is 416 g/mol. The molecule has 0 unspecified atom stereocenters. The molecule has 0 aliphatic heterocycles. The van der Waals surface area contributed by atoms with E-state index in [4.69, 9.17) is 21.7 Å². The van der Waals surface area contributed by atoms with Crippen molar-refractivity contribution >= 4 is 61.8 Å². The van der Waals surface area contributed by atoms with Crippen LogP contribution in [0.2, 0.25) is 5.02 Å². The van der Waals surface area contributed by atoms with Crippen LogP contribution in [0.15, 0.2) is 53.0 Å². The number of aromatic nitrogens is 2. The average Bonchev–Trinajstić information content (AvgIpc) is 3.20. The van der Waals surface area contributed by atoms with Gasteiger partial charge in [-0.05, 0) is 53.1 Å². The lowest BCUT2D eigenvalue weighted by Gasteiger charge is -2.08. The van der Waals surface area contributed by atoms with E-state index in [1.165, 1.54) is 15.6 Å². The summed E-state index contributed by atoms with van der Waals surface area (Å²) in [5.74, 6) is -0.0306. The van der Waals surface area contributed by atoms with Crippen molar-refractivity contribution in [2.75, 3.05) is 5.75 Å². The molecule has 0 spiro atoms. The fourth-order valence-corrected chi connectivity index (χ4v) is 5.11. The van der Waals surface area contributed by atoms with Crippen molar-refractivity contribution in [2.24, 2.45) is 0 Å². The molecule has 2 heterocycles. The minimum absolute atomic E-state index is 0.181. The lowest BCUT2D eigenvalue weighted by Crippen LogP contribution is -2.02. The molecule has 0 saturated heterocycles. The third-order valence-corrected chi connectivity index (χ3v) is 6.64. The van der Waals surface area contributed by atoms with Crippen LogP contribution in [0.25, 0.3) is 21.1 Å². The fourth-order valence-electron chi connectivity index (χ4n) is 3.05. The molecule has 2 aromatic heterocycles. The quantitative estimate of drug-likeness (QED) is 0.300. The molecule has 2 aromatic carbocycles. The van der Waals surface area contributed by atoms with E-state index < -0.39 is 5.97 Å². The van der Waals surface area contributed by atoms with Crippen molar-refractivity contribution in [3.63, 3.8) is 0 Å². The zero-order chi connectivity index (χ0) is 18.8. The molecule has 7 heteroatoms. The number of thiophene rings is 1. The Balaban J connectivity index is 1.67. The highest BCUT2D eigenvalue weighted by Gasteiger charge is 2.14. The van der Waals surface area contributed by atoms with Gasteiger partial charge in [-0.1, -0.05) is 35.5 Å². The maximum atomic E-state index is 10.7. The number of hydrogen-bond donors (Lipinski definition) is 1. The van der Waals surface area contributed by atoms with Crippen molar-refractivity contribution in [3.8, 4) is 0 Å². The van der Waals surface area contributed by atoms with Crippen molar-refractivity contribution < 1.29 is 9.90 Å². The summed E-state index contributed by atoms with van der Waals surface area (Å²) in [6, 6.07) is 14.1. The Kier molecular flexibility index (Phi) is 5.38. The molecule has 0 radical (unpaired) electrons. The van der Waals surface area contributed by atoms with Crippen LogP contribution in [0.4, 0.5) is 0 Å². The Morgan fingerprint density at radius 3 is 2.96 bits per heavy atom. The van der Waals surface area contributed by atoms with Crippen LogP contribution in [0.3, 0.4) is 0 Å². The molecule has 0 fully saturated rings. The number of hydrogen-bond acceptors (Lipinski definition) is 4. The van der Waals surface area contributed by atoms with Gasteiger partial charge in [0.05, 0.1) is 17.6 Å². The molecular formula is C20H17ClN2O2S2. The van der Waals surface area contributed by atoms with E-state index in [0.717, 1.165) is 27.0 Å². The Hall–Kier alpha value is -2.02. The van der Waals surface area contributed by atoms with Crippen LogP contribution >= 0.6 is 34.7 Å². The number of nitrogens with zero attached hydrogens (tertiary/aromatic N) is 2. The third kappa shape index (κ3) is 3.98. The SMILES string of the molecule is O=C(O)CCCSc1nc2ccccc2n1Cc1csc2ccc(Cl)cc12. The van der Waals surface area contributed by atoms with E-state index >= 15 is 0 Å². The summed E-state index contributed by atoms with van der Waals surface area (Å²) in [4.78, 5) is 15.5. The van der Waals surface area contributed by atoms with Crippen LogP contribution in [0.1, 0.15) is 18.4 Å². The van der Waals surface area contributed by atoms with Gasteiger partial charge < -0.3 is 9.67 Å². The summed E-state index contributed by atoms with van der Waals surface area (Å²) < 4.78 is 3.43. The molecule has 4 aromatic rings. The number of para-hydroxylation sites is 2. The number of carbonyl (C=O) groups is 1. The standard InChI is InChI=1S/C20H17ClN2O2S2/c21-14-7-8-18-15(10-14)13(12-27-18)11-23-17-5-2-1-4-16(17)22-20(23)26-9-3-6-19(24)25/h1-2,4-5,7-8,10,12H,3,6,9,11H2,(H,24,25). The number of rotatable bonds is 7. The Bertz CT molecular complexity index is 1120. The highest BCUT2D eigenvalue weighted by atomic mass is 35.5. The second-order valence-electron chi connectivity index (χ2n) is 6.22. The summed E-state index contributed by atoms with van der Waals surface area (Å²) in [6.45, 7) is 0.710. The summed E-state index contributed by atoms with van der Waals surface area (Å²) in [7, 11) is 0. The van der Waals surface area contributed by atoms with E-state index in [1.54, 1.807) is 23.1 Å². The zero-order valence-corrected chi connectivity index (χ0v) is 16.8. The van der Waals surface area contributed by atoms with Gasteiger partial charge in [-0.3, -0.25) is 4.79 Å². The van der Waals surface area contributed by atoms with E-state index in [1.807, 2.05) is 30.3 Å². The summed E-state index contributed by atoms with van der Waals surface area (Å²) in [5, 5.41) is 13.8. The lowest BCUT2D eigenvalue weighted by atomic mass is 10.2. The van der Waals surface area contributed by atoms with E-state index in [0.29, 0.717) is 13.0 Å². The van der Waals surface area contributed by atoms with E-state index in [2.05, 4.69) is 22.1 Å². The highest BCUT2D eigenvalue weighted by molar-refractivity contribution is 7.99. The van der Waals surface area contributed by atoms with Gasteiger partial charge >= 0.3 is 5.97 Å². The summed E-state index contributed by atoms with van der Waals surface area (Å²) >= 11 is 9.53. The van der Waals surface area contributed by atoms with Gasteiger partial charge in [-0.2, -0.15) is 0 Å². The molecule has 4 nitrogen and oxygen atoms in total. The number of fused-ring (bicyclic) bond motifs is 2. The van der Waals surface area contributed by atoms with Crippen LogP contribution in [-0.2, 0) is 11.3 Å². The Labute approximate surface area is 169 Å². The number of thioether (sulfide) groups is 1. The van der Waals surface area contributed by atoms with Gasteiger partial charge in [0, 0.05) is 21.9 Å². The largest absolute Gasteiger partial charge is 0.481 e. The predicted octanol–water partition coefficient (Wildman–Crippen LogP) is 5.91. The number of aliphatic carboxylic acids is 1. The molecule has 0 aliphatic carbocycles. The van der Waals surface area contributed by atoms with E-state index in [-0.39, 0.29) is 6.42 Å². The van der Waals surface area contributed by atoms with Gasteiger partial charge in [0.1, 0.15) is 0 Å². The molecule has 0 bridgehead atoms. The van der Waals surface area contributed by atoms with Gasteiger partial charge in [0.2, 0.25) is 0 Å². The van der Waals surface area contributed by atoms with E-state index in [9.17, 15) is 4.79 Å². The normalized spacial score (nSPS) is 11.4. The van der Waals surface area contributed by atoms with Crippen LogP contribution in [-0.4, -0.2) is 26.4 Å². The maximum Gasteiger partial charge on any atom is 0.303 e. The first-order valence-corrected chi connectivity index (χ1v) is 10.8. The molecular weight excluding hydrogens is 400 g/mol. The maximum absolute atomic E-state index is 10.7. The second-order valence-corrected chi connectivity index (χ2v) is 8.63. The summed E-state index contributed by atoms with van der Waals surface area (Å²) in [5.41, 5.74) is 3.25. The van der Waals surface area contributed by atoms with Gasteiger partial charge in [0.25, 0.3) is 0 Å². The molecule has 138 valence electrons. The zero-order valence-electron chi connectivity index (χ0n) is 14.4. The third-order valence-electron chi connectivity index (χ3n) is 4.33. The molecule has 0 amide bonds. The highest BCUT2D eigenvalue weighted by Crippen LogP contribution is 2.32. The van der Waals surface area contributed by atoms with Crippen LogP contribution in [0, 0.1) is 0 Å². The number of benzene rings is 2. The van der Waals surface area contributed by atoms with Gasteiger partial charge in [-0.25, -0.2) is 4.98 Å². The van der Waals surface area contributed by atoms with Gasteiger partial charge in [0.15, 0.2) is 5.16 Å². The predicted molar refractivity (Wildman–Crippen MR) is 113 cm³/mol. The van der Waals surface area contributed by atoms with Crippen LogP contribution < -0.4 is 0 Å². The number of carboxylic acids is 1. The fraction of sp³-hybridized carbons (Fsp3) is 0.200. The number of carboxylic acid groups (broad SMARTS) is 1. The van der Waals surface area contributed by atoms with Crippen LogP contribution in [0.5, 0.6) is 0 Å². The van der Waals surface area contributed by atoms with Crippen molar-refractivity contribution in [3.05, 3.63) is 58.4 Å². The first-order valence-electron chi connectivity index (χ1n) is 8.57. The van der Waals surface area contributed by atoms with Crippen molar-refractivity contribution in [1.82, 2.24) is 9.55 Å².